The van der Waals surface area contributed by atoms with Crippen molar-refractivity contribution in [1.82, 2.24) is 14.9 Å². The van der Waals surface area contributed by atoms with E-state index in [0.29, 0.717) is 38.9 Å². The average Bonchev–Trinajstić information content (AvgIpc) is 2.80. The van der Waals surface area contributed by atoms with E-state index < -0.39 is 0 Å². The van der Waals surface area contributed by atoms with Gasteiger partial charge >= 0.3 is 0 Å². The molecule has 4 rings (SSSR count). The fraction of sp³-hybridized carbons (Fsp3) is 0.222. The Labute approximate surface area is 208 Å². The monoisotopic (exact) mass is 491 g/mol. The van der Waals surface area contributed by atoms with Gasteiger partial charge in [-0.2, -0.15) is 0 Å². The van der Waals surface area contributed by atoms with E-state index in [1.165, 1.54) is 11.8 Å². The molecule has 7 heteroatoms. The van der Waals surface area contributed by atoms with Gasteiger partial charge in [-0.05, 0) is 79.4 Å². The quantitative estimate of drug-likeness (QED) is 0.251. The number of halogens is 1. The van der Waals surface area contributed by atoms with Crippen molar-refractivity contribution in [2.75, 3.05) is 6.54 Å². The van der Waals surface area contributed by atoms with E-state index in [1.54, 1.807) is 22.8 Å². The number of aromatic nitrogens is 2. The smallest absolute Gasteiger partial charge is 0.266 e. The average molecular weight is 492 g/mol. The van der Waals surface area contributed by atoms with Gasteiger partial charge in [-0.3, -0.25) is 14.2 Å². The van der Waals surface area contributed by atoms with Gasteiger partial charge in [0.05, 0.1) is 16.6 Å². The molecule has 0 aliphatic rings. The van der Waals surface area contributed by atoms with E-state index in [-0.39, 0.29) is 11.5 Å². The lowest BCUT2D eigenvalue weighted by molar-refractivity contribution is 0.0954. The highest BCUT2D eigenvalue weighted by molar-refractivity contribution is 7.98. The Morgan fingerprint density at radius 1 is 1.06 bits per heavy atom. The highest BCUT2D eigenvalue weighted by Gasteiger charge is 2.16. The summed E-state index contributed by atoms with van der Waals surface area (Å²) in [5.41, 5.74) is 4.77. The summed E-state index contributed by atoms with van der Waals surface area (Å²) in [6, 6.07) is 18.7. The Balaban J connectivity index is 1.84. The van der Waals surface area contributed by atoms with E-state index in [4.69, 9.17) is 16.6 Å². The molecular formula is C27H26ClN3O2S. The first-order valence-corrected chi connectivity index (χ1v) is 12.5. The Morgan fingerprint density at radius 3 is 2.53 bits per heavy atom. The summed E-state index contributed by atoms with van der Waals surface area (Å²) in [4.78, 5) is 31.0. The second kappa shape index (κ2) is 10.5. The van der Waals surface area contributed by atoms with Crippen LogP contribution in [0.4, 0.5) is 0 Å². The zero-order valence-electron chi connectivity index (χ0n) is 19.4. The van der Waals surface area contributed by atoms with Crippen molar-refractivity contribution in [2.45, 2.75) is 38.1 Å². The zero-order valence-corrected chi connectivity index (χ0v) is 21.0. The standard InChI is InChI=1S/C27H26ClN3O2S/c1-4-10-29-25(32)20-8-9-23-24(15-20)30-27(34-16-19-6-5-7-21(28)14-19)31(26(23)33)22-12-17(2)11-18(3)13-22/h5-9,11-15H,4,10,16H2,1-3H3,(H,29,32). The first-order chi connectivity index (χ1) is 16.4. The predicted octanol–water partition coefficient (Wildman–Crippen LogP) is 6.09. The number of carbonyl (C=O) groups is 1. The van der Waals surface area contributed by atoms with Crippen molar-refractivity contribution in [1.29, 1.82) is 0 Å². The summed E-state index contributed by atoms with van der Waals surface area (Å²) >= 11 is 7.62. The molecule has 3 aromatic carbocycles. The Morgan fingerprint density at radius 2 is 1.82 bits per heavy atom. The maximum Gasteiger partial charge on any atom is 0.266 e. The van der Waals surface area contributed by atoms with E-state index in [1.807, 2.05) is 57.2 Å². The minimum atomic E-state index is -0.169. The third-order valence-corrected chi connectivity index (χ3v) is 6.60. The van der Waals surface area contributed by atoms with Crippen molar-refractivity contribution in [2.24, 2.45) is 0 Å². The molecule has 0 aliphatic heterocycles. The Kier molecular flexibility index (Phi) is 7.39. The highest BCUT2D eigenvalue weighted by Crippen LogP contribution is 2.27. The van der Waals surface area contributed by atoms with Crippen LogP contribution in [-0.2, 0) is 5.75 Å². The topological polar surface area (TPSA) is 64.0 Å². The van der Waals surface area contributed by atoms with Gasteiger partial charge in [-0.1, -0.05) is 48.5 Å². The maximum atomic E-state index is 13.7. The van der Waals surface area contributed by atoms with Gasteiger partial charge < -0.3 is 5.32 Å². The normalized spacial score (nSPS) is 11.1. The second-order valence-corrected chi connectivity index (χ2v) is 9.67. The van der Waals surface area contributed by atoms with Crippen LogP contribution in [0.5, 0.6) is 0 Å². The molecule has 0 saturated carbocycles. The van der Waals surface area contributed by atoms with Gasteiger partial charge in [0.25, 0.3) is 11.5 Å². The third kappa shape index (κ3) is 5.34. The van der Waals surface area contributed by atoms with Gasteiger partial charge in [0, 0.05) is 22.9 Å². The number of carbonyl (C=O) groups excluding carboxylic acids is 1. The van der Waals surface area contributed by atoms with E-state index >= 15 is 0 Å². The van der Waals surface area contributed by atoms with Crippen molar-refractivity contribution in [3.8, 4) is 5.69 Å². The van der Waals surface area contributed by atoms with Crippen LogP contribution < -0.4 is 10.9 Å². The first-order valence-electron chi connectivity index (χ1n) is 11.2. The molecular weight excluding hydrogens is 466 g/mol. The largest absolute Gasteiger partial charge is 0.352 e. The van der Waals surface area contributed by atoms with E-state index in [0.717, 1.165) is 28.8 Å². The van der Waals surface area contributed by atoms with E-state index in [2.05, 4.69) is 11.4 Å². The molecule has 0 atom stereocenters. The lowest BCUT2D eigenvalue weighted by Crippen LogP contribution is -2.25. The molecule has 5 nitrogen and oxygen atoms in total. The van der Waals surface area contributed by atoms with Crippen LogP contribution in [0.3, 0.4) is 0 Å². The molecule has 1 N–H and O–H groups in total. The summed E-state index contributed by atoms with van der Waals surface area (Å²) in [5.74, 6) is 0.428. The number of hydrogen-bond acceptors (Lipinski definition) is 4. The number of aryl methyl sites for hydroxylation is 2. The third-order valence-electron chi connectivity index (χ3n) is 5.36. The molecule has 1 amide bonds. The number of rotatable bonds is 7. The van der Waals surface area contributed by atoms with Crippen molar-refractivity contribution < 1.29 is 4.79 Å². The second-order valence-electron chi connectivity index (χ2n) is 8.29. The van der Waals surface area contributed by atoms with Gasteiger partial charge in [-0.15, -0.1) is 0 Å². The van der Waals surface area contributed by atoms with Crippen molar-refractivity contribution in [3.63, 3.8) is 0 Å². The van der Waals surface area contributed by atoms with E-state index in [9.17, 15) is 9.59 Å². The summed E-state index contributed by atoms with van der Waals surface area (Å²) in [7, 11) is 0. The molecule has 1 heterocycles. The van der Waals surface area contributed by atoms with Gasteiger partial charge in [0.15, 0.2) is 5.16 Å². The van der Waals surface area contributed by atoms with Crippen LogP contribution in [0.15, 0.2) is 70.6 Å². The summed E-state index contributed by atoms with van der Waals surface area (Å²) < 4.78 is 1.66. The number of amides is 1. The van der Waals surface area contributed by atoms with Gasteiger partial charge in [0.2, 0.25) is 0 Å². The number of fused-ring (bicyclic) bond motifs is 1. The lowest BCUT2D eigenvalue weighted by atomic mass is 10.1. The molecule has 34 heavy (non-hydrogen) atoms. The number of hydrogen-bond donors (Lipinski definition) is 1. The molecule has 0 fully saturated rings. The zero-order chi connectivity index (χ0) is 24.2. The molecule has 0 unspecified atom stereocenters. The minimum Gasteiger partial charge on any atom is -0.352 e. The maximum absolute atomic E-state index is 13.7. The summed E-state index contributed by atoms with van der Waals surface area (Å²) in [6.45, 7) is 6.62. The molecule has 0 spiro atoms. The molecule has 0 bridgehead atoms. The van der Waals surface area contributed by atoms with Gasteiger partial charge in [0.1, 0.15) is 0 Å². The lowest BCUT2D eigenvalue weighted by Gasteiger charge is -2.15. The van der Waals surface area contributed by atoms with Crippen molar-refractivity contribution in [3.05, 3.63) is 98.3 Å². The number of benzene rings is 3. The summed E-state index contributed by atoms with van der Waals surface area (Å²) in [6.07, 6.45) is 0.850. The van der Waals surface area contributed by atoms with Crippen LogP contribution in [0.2, 0.25) is 5.02 Å². The molecule has 4 aromatic rings. The first kappa shape index (κ1) is 24.0. The highest BCUT2D eigenvalue weighted by atomic mass is 35.5. The van der Waals surface area contributed by atoms with Crippen LogP contribution in [-0.4, -0.2) is 22.0 Å². The summed E-state index contributed by atoms with van der Waals surface area (Å²) in [5, 5.41) is 4.58. The Hall–Kier alpha value is -3.09. The number of nitrogens with one attached hydrogen (secondary N) is 1. The van der Waals surface area contributed by atoms with Crippen LogP contribution in [0, 0.1) is 13.8 Å². The fourth-order valence-corrected chi connectivity index (χ4v) is 4.99. The van der Waals surface area contributed by atoms with Gasteiger partial charge in [-0.25, -0.2) is 4.98 Å². The predicted molar refractivity (Wildman–Crippen MR) is 140 cm³/mol. The number of nitrogens with zero attached hydrogens (tertiary/aromatic N) is 2. The van der Waals surface area contributed by atoms with Crippen LogP contribution >= 0.6 is 23.4 Å². The minimum absolute atomic E-state index is 0.163. The molecule has 1 aromatic heterocycles. The molecule has 0 radical (unpaired) electrons. The molecule has 0 aliphatic carbocycles. The SMILES string of the molecule is CCCNC(=O)c1ccc2c(=O)n(-c3cc(C)cc(C)c3)c(SCc3cccc(Cl)c3)nc2c1. The van der Waals surface area contributed by atoms with Crippen molar-refractivity contribution >= 4 is 40.2 Å². The van der Waals surface area contributed by atoms with Crippen LogP contribution in [0.1, 0.15) is 40.4 Å². The fourth-order valence-electron chi connectivity index (χ4n) is 3.83. The molecule has 174 valence electrons. The number of thioether (sulfide) groups is 1. The van der Waals surface area contributed by atoms with Crippen LogP contribution in [0.25, 0.3) is 16.6 Å². The Bertz CT molecular complexity index is 1410. The molecule has 0 saturated heterocycles.